The standard InChI is InChI=1S/C10H14N2O2/c1-2-12(5-6-13)10-4-3-9(8-14)7-11-10/h3-4,7-8,13H,2,5-6H2,1H3. The Bertz CT molecular complexity index is 285. The molecule has 1 rings (SSSR count). The number of aldehydes is 1. The Morgan fingerprint density at radius 1 is 1.57 bits per heavy atom. The summed E-state index contributed by atoms with van der Waals surface area (Å²) in [5, 5.41) is 8.80. The Morgan fingerprint density at radius 3 is 2.79 bits per heavy atom. The van der Waals surface area contributed by atoms with Gasteiger partial charge in [0.2, 0.25) is 0 Å². The maximum absolute atomic E-state index is 10.4. The molecule has 0 radical (unpaired) electrons. The van der Waals surface area contributed by atoms with Crippen molar-refractivity contribution in [1.29, 1.82) is 0 Å². The van der Waals surface area contributed by atoms with E-state index < -0.39 is 0 Å². The number of aliphatic hydroxyl groups is 1. The van der Waals surface area contributed by atoms with Gasteiger partial charge in [0, 0.05) is 24.8 Å². The van der Waals surface area contributed by atoms with Crippen molar-refractivity contribution in [2.24, 2.45) is 0 Å². The first-order chi connectivity index (χ1) is 6.81. The first-order valence-electron chi connectivity index (χ1n) is 4.58. The van der Waals surface area contributed by atoms with E-state index in [1.165, 1.54) is 6.20 Å². The van der Waals surface area contributed by atoms with Crippen LogP contribution in [0.4, 0.5) is 5.82 Å². The topological polar surface area (TPSA) is 53.4 Å². The molecular weight excluding hydrogens is 180 g/mol. The zero-order chi connectivity index (χ0) is 10.4. The highest BCUT2D eigenvalue weighted by Crippen LogP contribution is 2.09. The van der Waals surface area contributed by atoms with E-state index in [1.54, 1.807) is 12.1 Å². The Hall–Kier alpha value is -1.42. The first-order valence-corrected chi connectivity index (χ1v) is 4.58. The van der Waals surface area contributed by atoms with E-state index in [9.17, 15) is 4.79 Å². The summed E-state index contributed by atoms with van der Waals surface area (Å²) >= 11 is 0. The van der Waals surface area contributed by atoms with Crippen LogP contribution >= 0.6 is 0 Å². The zero-order valence-corrected chi connectivity index (χ0v) is 8.18. The third kappa shape index (κ3) is 2.53. The quantitative estimate of drug-likeness (QED) is 0.701. The molecule has 1 aromatic rings. The van der Waals surface area contributed by atoms with Gasteiger partial charge in [0.1, 0.15) is 5.82 Å². The van der Waals surface area contributed by atoms with Gasteiger partial charge in [-0.25, -0.2) is 4.98 Å². The number of likely N-dealkylation sites (N-methyl/N-ethyl adjacent to an activating group) is 1. The van der Waals surface area contributed by atoms with E-state index in [0.29, 0.717) is 12.1 Å². The van der Waals surface area contributed by atoms with Gasteiger partial charge in [-0.2, -0.15) is 0 Å². The predicted molar refractivity (Wildman–Crippen MR) is 54.6 cm³/mol. The van der Waals surface area contributed by atoms with Crippen LogP contribution in [-0.2, 0) is 0 Å². The Morgan fingerprint density at radius 2 is 2.36 bits per heavy atom. The summed E-state index contributed by atoms with van der Waals surface area (Å²) in [6, 6.07) is 3.50. The van der Waals surface area contributed by atoms with Crippen LogP contribution in [-0.4, -0.2) is 36.1 Å². The first kappa shape index (κ1) is 10.7. The van der Waals surface area contributed by atoms with Gasteiger partial charge in [0.25, 0.3) is 0 Å². The molecule has 4 heteroatoms. The lowest BCUT2D eigenvalue weighted by Crippen LogP contribution is -2.26. The largest absolute Gasteiger partial charge is 0.395 e. The van der Waals surface area contributed by atoms with E-state index >= 15 is 0 Å². The van der Waals surface area contributed by atoms with Gasteiger partial charge in [-0.3, -0.25) is 4.79 Å². The number of rotatable bonds is 5. The molecule has 0 fully saturated rings. The van der Waals surface area contributed by atoms with E-state index in [1.807, 2.05) is 11.8 Å². The van der Waals surface area contributed by atoms with Crippen molar-refractivity contribution in [1.82, 2.24) is 4.98 Å². The summed E-state index contributed by atoms with van der Waals surface area (Å²) in [5.74, 6) is 0.784. The third-order valence-electron chi connectivity index (χ3n) is 1.98. The van der Waals surface area contributed by atoms with Crippen molar-refractivity contribution in [3.05, 3.63) is 23.9 Å². The maximum Gasteiger partial charge on any atom is 0.151 e. The summed E-state index contributed by atoms with van der Waals surface area (Å²) in [6.07, 6.45) is 2.29. The van der Waals surface area contributed by atoms with Crippen molar-refractivity contribution in [3.8, 4) is 0 Å². The Labute approximate surface area is 83.2 Å². The van der Waals surface area contributed by atoms with Gasteiger partial charge in [-0.15, -0.1) is 0 Å². The monoisotopic (exact) mass is 194 g/mol. The normalized spacial score (nSPS) is 9.86. The fourth-order valence-electron chi connectivity index (χ4n) is 1.21. The van der Waals surface area contributed by atoms with Crippen molar-refractivity contribution in [2.45, 2.75) is 6.92 Å². The number of carbonyl (C=O) groups is 1. The molecule has 14 heavy (non-hydrogen) atoms. The molecule has 0 aliphatic carbocycles. The minimum absolute atomic E-state index is 0.102. The second-order valence-corrected chi connectivity index (χ2v) is 2.87. The van der Waals surface area contributed by atoms with Crippen LogP contribution in [0, 0.1) is 0 Å². The van der Waals surface area contributed by atoms with Crippen LogP contribution in [0.3, 0.4) is 0 Å². The second-order valence-electron chi connectivity index (χ2n) is 2.87. The summed E-state index contributed by atoms with van der Waals surface area (Å²) in [6.45, 7) is 3.44. The molecular formula is C10H14N2O2. The second kappa shape index (κ2) is 5.34. The van der Waals surface area contributed by atoms with Gasteiger partial charge >= 0.3 is 0 Å². The molecule has 0 aromatic carbocycles. The summed E-state index contributed by atoms with van der Waals surface area (Å²) < 4.78 is 0. The molecule has 0 unspecified atom stereocenters. The van der Waals surface area contributed by atoms with Crippen molar-refractivity contribution < 1.29 is 9.90 Å². The molecule has 0 amide bonds. The number of hydrogen-bond acceptors (Lipinski definition) is 4. The lowest BCUT2D eigenvalue weighted by molar-refractivity contribution is 0.112. The number of aromatic nitrogens is 1. The average Bonchev–Trinajstić information content (AvgIpc) is 2.26. The van der Waals surface area contributed by atoms with Crippen molar-refractivity contribution in [2.75, 3.05) is 24.6 Å². The molecule has 1 heterocycles. The summed E-state index contributed by atoms with van der Waals surface area (Å²) in [5.41, 5.74) is 0.564. The minimum atomic E-state index is 0.102. The third-order valence-corrected chi connectivity index (χ3v) is 1.98. The van der Waals surface area contributed by atoms with Gasteiger partial charge in [0.15, 0.2) is 6.29 Å². The number of hydrogen-bond donors (Lipinski definition) is 1. The van der Waals surface area contributed by atoms with E-state index in [2.05, 4.69) is 4.98 Å². The van der Waals surface area contributed by atoms with Crippen LogP contribution < -0.4 is 4.90 Å². The predicted octanol–water partition coefficient (Wildman–Crippen LogP) is 0.713. The van der Waals surface area contributed by atoms with Crippen molar-refractivity contribution >= 4 is 12.1 Å². The number of aliphatic hydroxyl groups excluding tert-OH is 1. The molecule has 0 saturated carbocycles. The fourth-order valence-corrected chi connectivity index (χ4v) is 1.21. The van der Waals surface area contributed by atoms with Crippen LogP contribution in [0.25, 0.3) is 0 Å². The minimum Gasteiger partial charge on any atom is -0.395 e. The van der Waals surface area contributed by atoms with Crippen LogP contribution in [0.15, 0.2) is 18.3 Å². The number of nitrogens with zero attached hydrogens (tertiary/aromatic N) is 2. The molecule has 0 spiro atoms. The lowest BCUT2D eigenvalue weighted by atomic mass is 10.3. The molecule has 0 bridgehead atoms. The number of pyridine rings is 1. The molecule has 0 aliphatic rings. The van der Waals surface area contributed by atoms with Crippen LogP contribution in [0.5, 0.6) is 0 Å². The van der Waals surface area contributed by atoms with Crippen LogP contribution in [0.1, 0.15) is 17.3 Å². The molecule has 76 valence electrons. The molecule has 4 nitrogen and oxygen atoms in total. The SMILES string of the molecule is CCN(CCO)c1ccc(C=O)cn1. The molecule has 1 aromatic heterocycles. The summed E-state index contributed by atoms with van der Waals surface area (Å²) in [4.78, 5) is 16.5. The smallest absolute Gasteiger partial charge is 0.151 e. The van der Waals surface area contributed by atoms with Crippen molar-refractivity contribution in [3.63, 3.8) is 0 Å². The number of anilines is 1. The van der Waals surface area contributed by atoms with Gasteiger partial charge in [-0.1, -0.05) is 0 Å². The van der Waals surface area contributed by atoms with E-state index in [-0.39, 0.29) is 6.61 Å². The maximum atomic E-state index is 10.4. The Balaban J connectivity index is 2.77. The molecule has 0 aliphatic heterocycles. The van der Waals surface area contributed by atoms with E-state index in [0.717, 1.165) is 18.6 Å². The van der Waals surface area contributed by atoms with Gasteiger partial charge < -0.3 is 10.0 Å². The molecule has 0 atom stereocenters. The molecule has 1 N–H and O–H groups in total. The van der Waals surface area contributed by atoms with Crippen LogP contribution in [0.2, 0.25) is 0 Å². The fraction of sp³-hybridized carbons (Fsp3) is 0.400. The van der Waals surface area contributed by atoms with E-state index in [4.69, 9.17) is 5.11 Å². The lowest BCUT2D eigenvalue weighted by Gasteiger charge is -2.20. The number of carbonyl (C=O) groups excluding carboxylic acids is 1. The molecule has 0 saturated heterocycles. The highest BCUT2D eigenvalue weighted by atomic mass is 16.3. The zero-order valence-electron chi connectivity index (χ0n) is 8.18. The van der Waals surface area contributed by atoms with Gasteiger partial charge in [-0.05, 0) is 19.1 Å². The Kier molecular flexibility index (Phi) is 4.07. The van der Waals surface area contributed by atoms with Gasteiger partial charge in [0.05, 0.1) is 6.61 Å². The highest BCUT2D eigenvalue weighted by molar-refractivity contribution is 5.74. The highest BCUT2D eigenvalue weighted by Gasteiger charge is 2.03. The average molecular weight is 194 g/mol. The summed E-state index contributed by atoms with van der Waals surface area (Å²) in [7, 11) is 0.